The van der Waals surface area contributed by atoms with Crippen LogP contribution >= 0.6 is 0 Å². The largest absolute Gasteiger partial charge is 0.497 e. The molecule has 1 aliphatic heterocycles. The van der Waals surface area contributed by atoms with Gasteiger partial charge in [0.15, 0.2) is 0 Å². The Hall–Kier alpha value is -2.57. The summed E-state index contributed by atoms with van der Waals surface area (Å²) in [5.41, 5.74) is 0.842. The molecule has 3 atom stereocenters. The van der Waals surface area contributed by atoms with Crippen molar-refractivity contribution in [2.75, 3.05) is 7.11 Å². The van der Waals surface area contributed by atoms with Gasteiger partial charge in [0.25, 0.3) is 5.91 Å². The molecular weight excluding hydrogens is 358 g/mol. The van der Waals surface area contributed by atoms with Gasteiger partial charge in [0.05, 0.1) is 13.7 Å². The van der Waals surface area contributed by atoms with E-state index < -0.39 is 12.1 Å². The average Bonchev–Trinajstić information content (AvgIpc) is 2.96. The predicted octanol–water partition coefficient (Wildman–Crippen LogP) is 2.59. The van der Waals surface area contributed by atoms with Gasteiger partial charge in [0.1, 0.15) is 11.8 Å². The number of nitrogens with zero attached hydrogens (tertiary/aromatic N) is 1. The first-order valence-corrected chi connectivity index (χ1v) is 10.0. The molecule has 152 valence electrons. The lowest BCUT2D eigenvalue weighted by molar-refractivity contribution is -0.128. The third-order valence-electron chi connectivity index (χ3n) is 5.72. The highest BCUT2D eigenvalue weighted by molar-refractivity contribution is 6.04. The van der Waals surface area contributed by atoms with E-state index in [1.165, 1.54) is 11.3 Å². The van der Waals surface area contributed by atoms with E-state index in [1.54, 1.807) is 19.2 Å². The molecule has 0 bridgehead atoms. The first-order chi connectivity index (χ1) is 13.5. The summed E-state index contributed by atoms with van der Waals surface area (Å²) in [4.78, 5) is 38.3. The molecule has 0 unspecified atom stereocenters. The number of nitrogens with one attached hydrogen (secondary N) is 2. The molecule has 0 aromatic heterocycles. The summed E-state index contributed by atoms with van der Waals surface area (Å²) in [5, 5.41) is 5.79. The fraction of sp³-hybridized carbons (Fsp3) is 0.571. The Balaban J connectivity index is 1.49. The van der Waals surface area contributed by atoms with Crippen LogP contribution in [0.3, 0.4) is 0 Å². The molecule has 2 fully saturated rings. The summed E-state index contributed by atoms with van der Waals surface area (Å²) in [6, 6.07) is 6.41. The number of hydrogen-bond acceptors (Lipinski definition) is 4. The van der Waals surface area contributed by atoms with Gasteiger partial charge in [-0.2, -0.15) is 0 Å². The highest BCUT2D eigenvalue weighted by Crippen LogP contribution is 2.24. The van der Waals surface area contributed by atoms with E-state index in [4.69, 9.17) is 4.74 Å². The molecule has 2 N–H and O–H groups in total. The molecule has 7 nitrogen and oxygen atoms in total. The van der Waals surface area contributed by atoms with Crippen molar-refractivity contribution < 1.29 is 19.1 Å². The first kappa shape index (κ1) is 20.2. The van der Waals surface area contributed by atoms with Crippen LogP contribution in [-0.4, -0.2) is 41.9 Å². The number of urea groups is 1. The monoisotopic (exact) mass is 387 g/mol. The van der Waals surface area contributed by atoms with Crippen LogP contribution in [0.1, 0.15) is 51.0 Å². The second-order valence-corrected chi connectivity index (χ2v) is 7.75. The van der Waals surface area contributed by atoms with Crippen LogP contribution in [0.4, 0.5) is 4.79 Å². The summed E-state index contributed by atoms with van der Waals surface area (Å²) in [7, 11) is 1.59. The van der Waals surface area contributed by atoms with Crippen LogP contribution in [0, 0.1) is 5.92 Å². The second-order valence-electron chi connectivity index (χ2n) is 7.75. The minimum absolute atomic E-state index is 0.0468. The molecule has 7 heteroatoms. The van der Waals surface area contributed by atoms with E-state index in [9.17, 15) is 14.4 Å². The highest BCUT2D eigenvalue weighted by atomic mass is 16.5. The van der Waals surface area contributed by atoms with Crippen molar-refractivity contribution in [3.8, 4) is 5.75 Å². The summed E-state index contributed by atoms with van der Waals surface area (Å²) < 4.78 is 5.12. The topological polar surface area (TPSA) is 87.7 Å². The van der Waals surface area contributed by atoms with Crippen molar-refractivity contribution in [1.82, 2.24) is 15.5 Å². The summed E-state index contributed by atoms with van der Waals surface area (Å²) >= 11 is 0. The van der Waals surface area contributed by atoms with Gasteiger partial charge >= 0.3 is 6.03 Å². The van der Waals surface area contributed by atoms with Crippen LogP contribution in [0.5, 0.6) is 5.75 Å². The molecular formula is C21H29N3O4. The zero-order valence-electron chi connectivity index (χ0n) is 16.6. The number of carbonyl (C=O) groups excluding carboxylic acids is 3. The SMILES string of the molecule is COc1ccc(CN2C(=O)N[C@@H](CCC(=O)N[C@@H]3CCCC[C@H]3C)C2=O)cc1. The molecule has 3 rings (SSSR count). The molecule has 0 radical (unpaired) electrons. The van der Waals surface area contributed by atoms with Crippen molar-refractivity contribution in [1.29, 1.82) is 0 Å². The van der Waals surface area contributed by atoms with E-state index >= 15 is 0 Å². The zero-order chi connectivity index (χ0) is 20.1. The molecule has 1 saturated heterocycles. The Labute approximate surface area is 165 Å². The second kappa shape index (κ2) is 9.08. The zero-order valence-corrected chi connectivity index (χ0v) is 16.6. The minimum atomic E-state index is -0.639. The fourth-order valence-electron chi connectivity index (χ4n) is 3.92. The molecule has 0 spiro atoms. The number of ether oxygens (including phenoxy) is 1. The Morgan fingerprint density at radius 3 is 2.61 bits per heavy atom. The van der Waals surface area contributed by atoms with Crippen LogP contribution < -0.4 is 15.4 Å². The molecule has 28 heavy (non-hydrogen) atoms. The van der Waals surface area contributed by atoms with E-state index in [0.717, 1.165) is 30.6 Å². The van der Waals surface area contributed by atoms with Crippen molar-refractivity contribution in [3.63, 3.8) is 0 Å². The Morgan fingerprint density at radius 1 is 1.21 bits per heavy atom. The van der Waals surface area contributed by atoms with Gasteiger partial charge in [-0.1, -0.05) is 31.9 Å². The maximum atomic E-state index is 12.6. The number of carbonyl (C=O) groups is 3. The smallest absolute Gasteiger partial charge is 0.325 e. The Morgan fingerprint density at radius 2 is 1.93 bits per heavy atom. The molecule has 1 aromatic carbocycles. The first-order valence-electron chi connectivity index (χ1n) is 10.0. The van der Waals surface area contributed by atoms with Crippen molar-refractivity contribution >= 4 is 17.8 Å². The number of rotatable bonds is 7. The predicted molar refractivity (Wildman–Crippen MR) is 105 cm³/mol. The molecule has 1 aromatic rings. The molecule has 1 aliphatic carbocycles. The van der Waals surface area contributed by atoms with Crippen LogP contribution in [0.15, 0.2) is 24.3 Å². The van der Waals surface area contributed by atoms with Crippen molar-refractivity contribution in [2.45, 2.75) is 64.1 Å². The lowest BCUT2D eigenvalue weighted by Crippen LogP contribution is -2.41. The standard InChI is InChI=1S/C21H29N3O4/c1-14-5-3-4-6-17(14)22-19(25)12-11-18-20(26)24(21(27)23-18)13-15-7-9-16(28-2)10-8-15/h7-10,14,17-18H,3-6,11-13H2,1-2H3,(H,22,25)(H,23,27)/t14-,17-,18+/m1/s1. The third kappa shape index (κ3) is 4.82. The van der Waals surface area contributed by atoms with Gasteiger partial charge in [-0.15, -0.1) is 0 Å². The average molecular weight is 387 g/mol. The quantitative estimate of drug-likeness (QED) is 0.704. The Bertz CT molecular complexity index is 719. The minimum Gasteiger partial charge on any atom is -0.497 e. The maximum absolute atomic E-state index is 12.6. The summed E-state index contributed by atoms with van der Waals surface area (Å²) in [5.74, 6) is 0.886. The van der Waals surface area contributed by atoms with E-state index in [-0.39, 0.29) is 30.8 Å². The maximum Gasteiger partial charge on any atom is 0.325 e. The van der Waals surface area contributed by atoms with Crippen LogP contribution in [0.25, 0.3) is 0 Å². The van der Waals surface area contributed by atoms with Gasteiger partial charge in [0.2, 0.25) is 5.91 Å². The summed E-state index contributed by atoms with van der Waals surface area (Å²) in [6.45, 7) is 2.37. The fourth-order valence-corrected chi connectivity index (χ4v) is 3.92. The normalized spacial score (nSPS) is 24.8. The number of methoxy groups -OCH3 is 1. The lowest BCUT2D eigenvalue weighted by atomic mass is 9.86. The van der Waals surface area contributed by atoms with Crippen LogP contribution in [0.2, 0.25) is 0 Å². The Kier molecular flexibility index (Phi) is 6.54. The van der Waals surface area contributed by atoms with E-state index in [2.05, 4.69) is 17.6 Å². The van der Waals surface area contributed by atoms with E-state index in [1.807, 2.05) is 12.1 Å². The third-order valence-corrected chi connectivity index (χ3v) is 5.72. The van der Waals surface area contributed by atoms with Gasteiger partial charge in [-0.3, -0.25) is 14.5 Å². The molecule has 4 amide bonds. The van der Waals surface area contributed by atoms with Gasteiger partial charge in [-0.05, 0) is 42.9 Å². The number of imide groups is 1. The van der Waals surface area contributed by atoms with Gasteiger partial charge in [-0.25, -0.2) is 4.79 Å². The number of benzene rings is 1. The van der Waals surface area contributed by atoms with Crippen molar-refractivity contribution in [2.24, 2.45) is 5.92 Å². The molecule has 1 heterocycles. The van der Waals surface area contributed by atoms with Crippen LogP contribution in [-0.2, 0) is 16.1 Å². The summed E-state index contributed by atoms with van der Waals surface area (Å²) in [6.07, 6.45) is 5.07. The number of hydrogen-bond donors (Lipinski definition) is 2. The molecule has 2 aliphatic rings. The van der Waals surface area contributed by atoms with Gasteiger partial charge in [0, 0.05) is 12.5 Å². The molecule has 1 saturated carbocycles. The van der Waals surface area contributed by atoms with Crippen molar-refractivity contribution in [3.05, 3.63) is 29.8 Å². The number of amides is 4. The highest BCUT2D eigenvalue weighted by Gasteiger charge is 2.38. The van der Waals surface area contributed by atoms with Gasteiger partial charge < -0.3 is 15.4 Å². The lowest BCUT2D eigenvalue weighted by Gasteiger charge is -2.29. The van der Waals surface area contributed by atoms with E-state index in [0.29, 0.717) is 12.3 Å².